The van der Waals surface area contributed by atoms with Crippen LogP contribution >= 0.6 is 0 Å². The fourth-order valence-corrected chi connectivity index (χ4v) is 0.231. The van der Waals surface area contributed by atoms with Crippen LogP contribution in [0.3, 0.4) is 0 Å². The number of halogens is 4. The van der Waals surface area contributed by atoms with E-state index in [1.54, 1.807) is 0 Å². The second-order valence-corrected chi connectivity index (χ2v) is 1.15. The molecule has 0 amide bonds. The SMILES string of the molecule is CC[CH-]C(F)(F)F.[Br-].[Mg+2]. The average molecular weight is 215 g/mol. The van der Waals surface area contributed by atoms with E-state index >= 15 is 0 Å². The molecule has 52 valence electrons. The molecule has 0 radical (unpaired) electrons. The van der Waals surface area contributed by atoms with Crippen molar-refractivity contribution in [3.63, 3.8) is 0 Å². The standard InChI is InChI=1S/C4H6F3.BrH.Mg/c1-2-3-4(5,6)7;;/h3H,2H2,1H3;1H;/q-1;;+2/p-1. The molecule has 0 spiro atoms. The molecule has 0 nitrogen and oxygen atoms in total. The zero-order chi connectivity index (χ0) is 5.91. The third-order valence-corrected chi connectivity index (χ3v) is 0.436. The molecule has 0 fully saturated rings. The van der Waals surface area contributed by atoms with Crippen molar-refractivity contribution in [1.29, 1.82) is 0 Å². The summed E-state index contributed by atoms with van der Waals surface area (Å²) in [4.78, 5) is 0. The van der Waals surface area contributed by atoms with E-state index < -0.39 is 6.18 Å². The van der Waals surface area contributed by atoms with Crippen LogP contribution in [0.5, 0.6) is 0 Å². The summed E-state index contributed by atoms with van der Waals surface area (Å²) < 4.78 is 33.0. The summed E-state index contributed by atoms with van der Waals surface area (Å²) >= 11 is 0. The Morgan fingerprint density at radius 3 is 1.67 bits per heavy atom. The van der Waals surface area contributed by atoms with E-state index in [2.05, 4.69) is 0 Å². The molecule has 0 rings (SSSR count). The Kier molecular flexibility index (Phi) is 13.1. The van der Waals surface area contributed by atoms with Gasteiger partial charge >= 0.3 is 23.1 Å². The zero-order valence-electron chi connectivity index (χ0n) is 5.00. The first kappa shape index (κ1) is 16.6. The molecule has 0 aromatic rings. The van der Waals surface area contributed by atoms with Gasteiger partial charge in [-0.2, -0.15) is 6.42 Å². The molecule has 0 aliphatic heterocycles. The summed E-state index contributed by atoms with van der Waals surface area (Å²) in [6.45, 7) is 1.45. The maximum absolute atomic E-state index is 11.0. The summed E-state index contributed by atoms with van der Waals surface area (Å²) in [5.74, 6) is 0. The topological polar surface area (TPSA) is 0 Å². The smallest absolute Gasteiger partial charge is 1.00 e. The van der Waals surface area contributed by atoms with Gasteiger partial charge in [0.1, 0.15) is 0 Å². The van der Waals surface area contributed by atoms with Crippen LogP contribution in [-0.4, -0.2) is 29.2 Å². The van der Waals surface area contributed by atoms with Crippen molar-refractivity contribution >= 4 is 23.1 Å². The molecule has 9 heavy (non-hydrogen) atoms. The Labute approximate surface area is 79.1 Å². The minimum absolute atomic E-state index is 0. The minimum atomic E-state index is -4.07. The van der Waals surface area contributed by atoms with Gasteiger partial charge in [-0.3, -0.25) is 0 Å². The van der Waals surface area contributed by atoms with Gasteiger partial charge < -0.3 is 17.0 Å². The normalized spacial score (nSPS) is 9.33. The summed E-state index contributed by atoms with van der Waals surface area (Å²) in [5.41, 5.74) is 0. The van der Waals surface area contributed by atoms with Crippen LogP contribution in [0.25, 0.3) is 0 Å². The van der Waals surface area contributed by atoms with E-state index in [1.807, 2.05) is 0 Å². The van der Waals surface area contributed by atoms with Gasteiger partial charge in [-0.05, 0) is 0 Å². The quantitative estimate of drug-likeness (QED) is 0.380. The van der Waals surface area contributed by atoms with Gasteiger partial charge in [-0.25, -0.2) is 19.6 Å². The van der Waals surface area contributed by atoms with Crippen molar-refractivity contribution in [3.8, 4) is 0 Å². The van der Waals surface area contributed by atoms with Crippen LogP contribution in [0.1, 0.15) is 13.3 Å². The maximum atomic E-state index is 11.0. The Bertz CT molecular complexity index is 54.3. The second kappa shape index (κ2) is 7.15. The average Bonchev–Trinajstić information content (AvgIpc) is 1.30. The molecule has 0 aliphatic carbocycles. The van der Waals surface area contributed by atoms with Crippen LogP contribution < -0.4 is 17.0 Å². The molecular formula is C4H6BrF3Mg. The molecule has 0 atom stereocenters. The number of hydrogen-bond acceptors (Lipinski definition) is 0. The molecule has 5 heteroatoms. The molecule has 0 unspecified atom stereocenters. The van der Waals surface area contributed by atoms with Gasteiger partial charge in [-0.1, -0.05) is 6.92 Å². The molecule has 0 aliphatic rings. The van der Waals surface area contributed by atoms with Gasteiger partial charge in [0.2, 0.25) is 0 Å². The van der Waals surface area contributed by atoms with E-state index in [0.717, 1.165) is 0 Å². The van der Waals surface area contributed by atoms with Crippen molar-refractivity contribution in [1.82, 2.24) is 0 Å². The zero-order valence-corrected chi connectivity index (χ0v) is 8.00. The molecule has 0 bridgehead atoms. The fourth-order valence-electron chi connectivity index (χ4n) is 0.231. The molecule has 0 aromatic carbocycles. The Hall–Kier alpha value is 1.04. The predicted molar refractivity (Wildman–Crippen MR) is 26.4 cm³/mol. The van der Waals surface area contributed by atoms with Gasteiger partial charge in [0, 0.05) is 0 Å². The number of alkyl halides is 3. The number of hydrogen-bond donors (Lipinski definition) is 0. The largest absolute Gasteiger partial charge is 2.00 e. The Balaban J connectivity index is -0.000000180. The van der Waals surface area contributed by atoms with Crippen molar-refractivity contribution in [3.05, 3.63) is 6.42 Å². The molecular weight excluding hydrogens is 209 g/mol. The third-order valence-electron chi connectivity index (χ3n) is 0.436. The van der Waals surface area contributed by atoms with Crippen molar-refractivity contribution < 1.29 is 30.2 Å². The third kappa shape index (κ3) is 17.6. The minimum Gasteiger partial charge on any atom is -1.00 e. The van der Waals surface area contributed by atoms with Crippen molar-refractivity contribution in [2.75, 3.05) is 0 Å². The Morgan fingerprint density at radius 1 is 1.33 bits per heavy atom. The van der Waals surface area contributed by atoms with Gasteiger partial charge in [0.15, 0.2) is 0 Å². The van der Waals surface area contributed by atoms with Crippen LogP contribution in [-0.2, 0) is 0 Å². The first-order valence-electron chi connectivity index (χ1n) is 1.97. The van der Waals surface area contributed by atoms with Gasteiger partial charge in [-0.15, -0.1) is 0 Å². The molecule has 0 heterocycles. The van der Waals surface area contributed by atoms with Crippen molar-refractivity contribution in [2.45, 2.75) is 19.5 Å². The van der Waals surface area contributed by atoms with E-state index in [-0.39, 0.29) is 46.5 Å². The maximum Gasteiger partial charge on any atom is 2.00 e. The van der Waals surface area contributed by atoms with Crippen LogP contribution in [0, 0.1) is 6.42 Å². The van der Waals surface area contributed by atoms with Crippen LogP contribution in [0.15, 0.2) is 0 Å². The fraction of sp³-hybridized carbons (Fsp3) is 0.750. The van der Waals surface area contributed by atoms with E-state index in [0.29, 0.717) is 6.42 Å². The van der Waals surface area contributed by atoms with Gasteiger partial charge in [0.25, 0.3) is 6.18 Å². The Morgan fingerprint density at radius 2 is 1.67 bits per heavy atom. The van der Waals surface area contributed by atoms with E-state index in [9.17, 15) is 13.2 Å². The summed E-state index contributed by atoms with van der Waals surface area (Å²) in [5, 5.41) is 0. The monoisotopic (exact) mass is 214 g/mol. The first-order valence-corrected chi connectivity index (χ1v) is 1.97. The molecule has 0 N–H and O–H groups in total. The predicted octanol–water partition coefficient (Wildman–Crippen LogP) is -1.21. The van der Waals surface area contributed by atoms with E-state index in [4.69, 9.17) is 0 Å². The summed E-state index contributed by atoms with van der Waals surface area (Å²) in [7, 11) is 0. The van der Waals surface area contributed by atoms with Crippen LogP contribution in [0.2, 0.25) is 0 Å². The summed E-state index contributed by atoms with van der Waals surface area (Å²) in [6.07, 6.45) is -3.70. The van der Waals surface area contributed by atoms with Gasteiger partial charge in [0.05, 0.1) is 0 Å². The van der Waals surface area contributed by atoms with Crippen molar-refractivity contribution in [2.24, 2.45) is 0 Å². The number of rotatable bonds is 1. The van der Waals surface area contributed by atoms with E-state index in [1.165, 1.54) is 6.92 Å². The van der Waals surface area contributed by atoms with Crippen LogP contribution in [0.4, 0.5) is 13.2 Å². The molecule has 0 saturated heterocycles. The molecule has 0 aromatic heterocycles. The molecule has 0 saturated carbocycles. The summed E-state index contributed by atoms with van der Waals surface area (Å²) in [6, 6.07) is 0. The first-order chi connectivity index (χ1) is 3.06. The second-order valence-electron chi connectivity index (χ2n) is 1.15.